The molecule has 0 fully saturated rings. The summed E-state index contributed by atoms with van der Waals surface area (Å²) >= 11 is -2.11. The van der Waals surface area contributed by atoms with E-state index in [1.807, 2.05) is 42.3 Å². The molecule has 1 amide bonds. The van der Waals surface area contributed by atoms with Gasteiger partial charge in [0.05, 0.1) is 16.9 Å². The van der Waals surface area contributed by atoms with Crippen molar-refractivity contribution in [3.8, 4) is 0 Å². The quantitative estimate of drug-likeness (QED) is 0.568. The van der Waals surface area contributed by atoms with Gasteiger partial charge in [-0.15, -0.1) is 0 Å². The van der Waals surface area contributed by atoms with Gasteiger partial charge in [-0.25, -0.2) is 9.19 Å². The molecular weight excluding hydrogens is 390 g/mol. The third kappa shape index (κ3) is 3.65. The summed E-state index contributed by atoms with van der Waals surface area (Å²) in [5, 5.41) is 3.22. The molecule has 2 aromatic carbocycles. The van der Waals surface area contributed by atoms with Gasteiger partial charge in [0.25, 0.3) is 17.2 Å². The van der Waals surface area contributed by atoms with Crippen molar-refractivity contribution in [2.75, 3.05) is 33.9 Å². The number of fused-ring (bicyclic) bond motifs is 2. The molecule has 29 heavy (non-hydrogen) atoms. The number of carbonyl (C=O) groups is 1. The fourth-order valence-corrected chi connectivity index (χ4v) is 3.58. The number of amides is 1. The molecule has 1 unspecified atom stereocenters. The predicted molar refractivity (Wildman–Crippen MR) is 116 cm³/mol. The molecule has 0 radical (unpaired) electrons. The van der Waals surface area contributed by atoms with Gasteiger partial charge in [0.1, 0.15) is 5.82 Å². The molecule has 148 valence electrons. The van der Waals surface area contributed by atoms with Crippen LogP contribution in [-0.2, 0) is 11.3 Å². The minimum atomic E-state index is -2.11. The van der Waals surface area contributed by atoms with Gasteiger partial charge < -0.3 is 15.1 Å². The largest absolute Gasteiger partial charge is 0.340 e. The molecule has 3 N–H and O–H groups in total. The summed E-state index contributed by atoms with van der Waals surface area (Å²) in [5.41, 5.74) is 3.43. The lowest BCUT2D eigenvalue weighted by atomic mass is 10.1. The Bertz CT molecular complexity index is 1100. The summed E-state index contributed by atoms with van der Waals surface area (Å²) < 4.78 is 22.1. The second kappa shape index (κ2) is 7.53. The molecule has 3 aromatic rings. The number of carbonyl (C=O) groups excluding carboxylic acids is 1. The highest BCUT2D eigenvalue weighted by atomic mass is 32.2. The lowest BCUT2D eigenvalue weighted by Crippen LogP contribution is -2.25. The van der Waals surface area contributed by atoms with Crippen molar-refractivity contribution in [2.45, 2.75) is 0 Å². The summed E-state index contributed by atoms with van der Waals surface area (Å²) in [6.07, 6.45) is 0. The number of benzene rings is 2. The van der Waals surface area contributed by atoms with Crippen molar-refractivity contribution < 1.29 is 13.6 Å². The van der Waals surface area contributed by atoms with Crippen LogP contribution in [0.3, 0.4) is 0 Å². The summed E-state index contributed by atoms with van der Waals surface area (Å²) in [6, 6.07) is 18.0. The monoisotopic (exact) mass is 409 g/mol. The summed E-state index contributed by atoms with van der Waals surface area (Å²) in [5.74, 6) is 1.19. The Morgan fingerprint density at radius 1 is 0.897 bits per heavy atom. The maximum absolute atomic E-state index is 12.8. The number of hydrogen-bond donors (Lipinski definition) is 3. The molecular formula is C20H19N5O3S. The smallest absolute Gasteiger partial charge is 0.260 e. The van der Waals surface area contributed by atoms with E-state index in [4.69, 9.17) is 9.54 Å². The first-order valence-corrected chi connectivity index (χ1v) is 9.91. The van der Waals surface area contributed by atoms with E-state index in [1.165, 1.54) is 0 Å². The molecule has 1 aromatic heterocycles. The number of nitrogens with zero attached hydrogens (tertiary/aromatic N) is 3. The van der Waals surface area contributed by atoms with Crippen molar-refractivity contribution in [3.05, 3.63) is 66.2 Å². The normalized spacial score (nSPS) is 14.0. The molecule has 1 aliphatic rings. The third-order valence-electron chi connectivity index (χ3n) is 4.70. The fraction of sp³-hybridized carbons (Fsp3) is 0.100. The van der Waals surface area contributed by atoms with Crippen LogP contribution in [0.25, 0.3) is 0 Å². The van der Waals surface area contributed by atoms with E-state index in [-0.39, 0.29) is 5.91 Å². The zero-order valence-corrected chi connectivity index (χ0v) is 16.6. The van der Waals surface area contributed by atoms with Gasteiger partial charge >= 0.3 is 0 Å². The average molecular weight is 409 g/mol. The summed E-state index contributed by atoms with van der Waals surface area (Å²) in [6.45, 7) is 0. The van der Waals surface area contributed by atoms with E-state index in [0.717, 1.165) is 11.4 Å². The second-order valence-corrected chi connectivity index (χ2v) is 7.24. The van der Waals surface area contributed by atoms with Gasteiger partial charge in [0.2, 0.25) is 0 Å². The first-order chi connectivity index (χ1) is 13.9. The number of rotatable bonds is 4. The SMILES string of the molecule is CN1C(=O)c2ccccc2N(C)c2nc(Nc3ccc(NS(=O)O)cc3)ccc21. The maximum Gasteiger partial charge on any atom is 0.260 e. The number of anilines is 6. The number of nitrogens with one attached hydrogen (secondary N) is 2. The Morgan fingerprint density at radius 3 is 2.31 bits per heavy atom. The first kappa shape index (κ1) is 18.9. The Kier molecular flexibility index (Phi) is 4.91. The Balaban J connectivity index is 1.67. The second-order valence-electron chi connectivity index (χ2n) is 6.53. The molecule has 9 heteroatoms. The number of aromatic nitrogens is 1. The van der Waals surface area contributed by atoms with Crippen molar-refractivity contribution in [1.82, 2.24) is 4.98 Å². The molecule has 0 aliphatic carbocycles. The average Bonchev–Trinajstić information content (AvgIpc) is 2.79. The molecule has 0 saturated carbocycles. The molecule has 1 aliphatic heterocycles. The lowest BCUT2D eigenvalue weighted by molar-refractivity contribution is 0.0994. The number of pyridine rings is 1. The van der Waals surface area contributed by atoms with Crippen molar-refractivity contribution in [2.24, 2.45) is 0 Å². The van der Waals surface area contributed by atoms with Crippen molar-refractivity contribution in [3.63, 3.8) is 0 Å². The number of hydrogen-bond acceptors (Lipinski definition) is 5. The van der Waals surface area contributed by atoms with Crippen molar-refractivity contribution >= 4 is 51.6 Å². The highest BCUT2D eigenvalue weighted by molar-refractivity contribution is 7.80. The van der Waals surface area contributed by atoms with Crippen LogP contribution in [0.2, 0.25) is 0 Å². The van der Waals surface area contributed by atoms with Crippen LogP contribution in [0.4, 0.5) is 34.4 Å². The zero-order valence-electron chi connectivity index (χ0n) is 15.8. The van der Waals surface area contributed by atoms with Crippen LogP contribution in [0, 0.1) is 0 Å². The Hall–Kier alpha value is -3.43. The van der Waals surface area contributed by atoms with E-state index in [9.17, 15) is 9.00 Å². The highest BCUT2D eigenvalue weighted by Crippen LogP contribution is 2.38. The molecule has 8 nitrogen and oxygen atoms in total. The minimum absolute atomic E-state index is 0.0851. The molecule has 0 saturated heterocycles. The van der Waals surface area contributed by atoms with Gasteiger partial charge in [0.15, 0.2) is 5.82 Å². The fourth-order valence-electron chi connectivity index (χ4n) is 3.24. The van der Waals surface area contributed by atoms with Gasteiger partial charge in [-0.2, -0.15) is 0 Å². The standard InChI is InChI=1S/C20H19N5O3S/c1-24-16-6-4-3-5-15(16)20(26)25(2)17-11-12-18(22-19(17)24)21-13-7-9-14(10-8-13)23-29(27)28/h3-12,23H,1-2H3,(H,21,22)(H,27,28). The van der Waals surface area contributed by atoms with Gasteiger partial charge in [-0.1, -0.05) is 12.1 Å². The van der Waals surface area contributed by atoms with E-state index >= 15 is 0 Å². The van der Waals surface area contributed by atoms with Crippen LogP contribution in [0.15, 0.2) is 60.7 Å². The zero-order chi connectivity index (χ0) is 20.5. The van der Waals surface area contributed by atoms with Gasteiger partial charge in [0, 0.05) is 25.5 Å². The molecule has 1 atom stereocenters. The highest BCUT2D eigenvalue weighted by Gasteiger charge is 2.28. The maximum atomic E-state index is 12.8. The minimum Gasteiger partial charge on any atom is -0.340 e. The van der Waals surface area contributed by atoms with Crippen LogP contribution in [-0.4, -0.2) is 33.7 Å². The number of para-hydroxylation sites is 1. The van der Waals surface area contributed by atoms with Crippen molar-refractivity contribution in [1.29, 1.82) is 0 Å². The summed E-state index contributed by atoms with van der Waals surface area (Å²) in [7, 11) is 3.62. The van der Waals surface area contributed by atoms with Crippen LogP contribution >= 0.6 is 0 Å². The van der Waals surface area contributed by atoms with Crippen LogP contribution < -0.4 is 19.8 Å². The lowest BCUT2D eigenvalue weighted by Gasteiger charge is -2.22. The topological polar surface area (TPSA) is 97.8 Å². The first-order valence-electron chi connectivity index (χ1n) is 8.80. The van der Waals surface area contributed by atoms with Crippen LogP contribution in [0.1, 0.15) is 10.4 Å². The predicted octanol–water partition coefficient (Wildman–Crippen LogP) is 3.73. The molecule has 0 spiro atoms. The van der Waals surface area contributed by atoms with E-state index < -0.39 is 11.3 Å². The Morgan fingerprint density at radius 2 is 1.59 bits per heavy atom. The van der Waals surface area contributed by atoms with Gasteiger partial charge in [-0.05, 0) is 48.5 Å². The molecule has 2 heterocycles. The summed E-state index contributed by atoms with van der Waals surface area (Å²) in [4.78, 5) is 21.1. The molecule has 0 bridgehead atoms. The third-order valence-corrected chi connectivity index (χ3v) is 5.11. The van der Waals surface area contributed by atoms with E-state index in [2.05, 4.69) is 10.0 Å². The van der Waals surface area contributed by atoms with E-state index in [0.29, 0.717) is 28.6 Å². The molecule has 4 rings (SSSR count). The van der Waals surface area contributed by atoms with E-state index in [1.54, 1.807) is 42.3 Å². The van der Waals surface area contributed by atoms with Gasteiger partial charge in [-0.3, -0.25) is 14.1 Å². The van der Waals surface area contributed by atoms with Crippen LogP contribution in [0.5, 0.6) is 0 Å². The Labute approximate surface area is 170 Å².